The van der Waals surface area contributed by atoms with E-state index in [2.05, 4.69) is 0 Å². The number of carbonyl (C=O) groups is 1. The molecular formula is C16H15O4P. The van der Waals surface area contributed by atoms with Crippen molar-refractivity contribution in [3.8, 4) is 16.9 Å². The molecule has 1 N–H and O–H groups in total. The van der Waals surface area contributed by atoms with E-state index in [0.29, 0.717) is 17.5 Å². The standard InChI is InChI=1S/C16H15O4P/c1-20-16-12(7-10-15(17)18)3-2-4-14(16)11-5-8-13(21-19)9-6-11/h2-6,8-9H,7,10H2,1H3,(H,17,18). The van der Waals surface area contributed by atoms with Gasteiger partial charge in [0.05, 0.1) is 7.11 Å². The highest BCUT2D eigenvalue weighted by Crippen LogP contribution is 2.33. The first-order valence-electron chi connectivity index (χ1n) is 6.47. The first kappa shape index (κ1) is 15.2. The maximum Gasteiger partial charge on any atom is 0.303 e. The molecule has 5 heteroatoms. The van der Waals surface area contributed by atoms with Crippen molar-refractivity contribution in [1.29, 1.82) is 0 Å². The molecule has 0 aliphatic carbocycles. The monoisotopic (exact) mass is 302 g/mol. The number of ether oxygens (including phenoxy) is 1. The zero-order chi connectivity index (χ0) is 15.2. The molecule has 2 rings (SSSR count). The van der Waals surface area contributed by atoms with Gasteiger partial charge in [-0.15, -0.1) is 0 Å². The Morgan fingerprint density at radius 2 is 1.90 bits per heavy atom. The lowest BCUT2D eigenvalue weighted by Gasteiger charge is -2.13. The summed E-state index contributed by atoms with van der Waals surface area (Å²) in [6, 6.07) is 13.0. The predicted octanol–water partition coefficient (Wildman–Crippen LogP) is 3.30. The highest BCUT2D eigenvalue weighted by atomic mass is 31.1. The van der Waals surface area contributed by atoms with E-state index in [9.17, 15) is 9.36 Å². The normalized spacial score (nSPS) is 10.5. The van der Waals surface area contributed by atoms with Gasteiger partial charge in [0.2, 0.25) is 0 Å². The summed E-state index contributed by atoms with van der Waals surface area (Å²) in [6.45, 7) is 0. The van der Waals surface area contributed by atoms with Gasteiger partial charge >= 0.3 is 5.97 Å². The molecule has 0 saturated carbocycles. The molecule has 4 nitrogen and oxygen atoms in total. The molecule has 0 spiro atoms. The minimum atomic E-state index is -0.832. The third-order valence-corrected chi connectivity index (χ3v) is 3.70. The minimum Gasteiger partial charge on any atom is -0.496 e. The van der Waals surface area contributed by atoms with Crippen LogP contribution >= 0.6 is 8.46 Å². The second kappa shape index (κ2) is 7.00. The molecule has 0 amide bonds. The third-order valence-electron chi connectivity index (χ3n) is 3.19. The quantitative estimate of drug-likeness (QED) is 0.832. The van der Waals surface area contributed by atoms with Crippen LogP contribution in [0, 0.1) is 0 Å². The summed E-state index contributed by atoms with van der Waals surface area (Å²) in [5.41, 5.74) is 2.70. The van der Waals surface area contributed by atoms with E-state index in [4.69, 9.17) is 9.84 Å². The number of benzene rings is 2. The maximum atomic E-state index is 10.8. The van der Waals surface area contributed by atoms with Crippen LogP contribution in [-0.4, -0.2) is 18.2 Å². The van der Waals surface area contributed by atoms with E-state index in [0.717, 1.165) is 16.7 Å². The molecular weight excluding hydrogens is 287 g/mol. The minimum absolute atomic E-state index is 0.00980. The number of methoxy groups -OCH3 is 1. The zero-order valence-electron chi connectivity index (χ0n) is 11.6. The number of para-hydroxylation sites is 1. The lowest BCUT2D eigenvalue weighted by atomic mass is 9.99. The first-order valence-corrected chi connectivity index (χ1v) is 7.28. The number of carboxylic acids is 1. The highest BCUT2D eigenvalue weighted by molar-refractivity contribution is 7.34. The van der Waals surface area contributed by atoms with Gasteiger partial charge in [0, 0.05) is 17.3 Å². The first-order chi connectivity index (χ1) is 10.2. The summed E-state index contributed by atoms with van der Waals surface area (Å²) in [6.07, 6.45) is 0.484. The van der Waals surface area contributed by atoms with E-state index in [1.54, 1.807) is 19.2 Å². The van der Waals surface area contributed by atoms with Crippen LogP contribution in [0.1, 0.15) is 12.0 Å². The molecule has 0 saturated heterocycles. The van der Waals surface area contributed by atoms with Crippen LogP contribution in [0.25, 0.3) is 11.1 Å². The summed E-state index contributed by atoms with van der Waals surface area (Å²) < 4.78 is 16.3. The molecule has 0 bridgehead atoms. The summed E-state index contributed by atoms with van der Waals surface area (Å²) in [5.74, 6) is -0.146. The molecule has 0 unspecified atom stereocenters. The Morgan fingerprint density at radius 3 is 2.48 bits per heavy atom. The Hall–Kier alpha value is -2.19. The summed E-state index contributed by atoms with van der Waals surface area (Å²) in [7, 11) is 1.57. The average Bonchev–Trinajstić information content (AvgIpc) is 2.52. The van der Waals surface area contributed by atoms with Gasteiger partial charge in [-0.1, -0.05) is 30.3 Å². The van der Waals surface area contributed by atoms with E-state index >= 15 is 0 Å². The molecule has 0 aliphatic heterocycles. The molecule has 21 heavy (non-hydrogen) atoms. The Bertz CT molecular complexity index is 650. The molecule has 108 valence electrons. The summed E-state index contributed by atoms with van der Waals surface area (Å²) >= 11 is 0. The molecule has 0 heterocycles. The molecule has 2 aromatic rings. The van der Waals surface area contributed by atoms with Crippen LogP contribution in [0.4, 0.5) is 0 Å². The fraction of sp³-hybridized carbons (Fsp3) is 0.188. The molecule has 0 radical (unpaired) electrons. The number of aryl methyl sites for hydroxylation is 1. The van der Waals surface area contributed by atoms with Crippen molar-refractivity contribution in [2.45, 2.75) is 12.8 Å². The van der Waals surface area contributed by atoms with Gasteiger partial charge in [0.15, 0.2) is 8.46 Å². The van der Waals surface area contributed by atoms with E-state index in [1.807, 2.05) is 30.3 Å². The second-order valence-corrected chi connectivity index (χ2v) is 5.23. The van der Waals surface area contributed by atoms with Gasteiger partial charge < -0.3 is 9.84 Å². The van der Waals surface area contributed by atoms with Crippen LogP contribution < -0.4 is 10.0 Å². The molecule has 0 aliphatic rings. The fourth-order valence-electron chi connectivity index (χ4n) is 2.19. The van der Waals surface area contributed by atoms with Crippen LogP contribution in [0.2, 0.25) is 0 Å². The Morgan fingerprint density at radius 1 is 1.19 bits per heavy atom. The summed E-state index contributed by atoms with van der Waals surface area (Å²) in [4.78, 5) is 10.7. The van der Waals surface area contributed by atoms with Crippen molar-refractivity contribution in [3.05, 3.63) is 48.0 Å². The zero-order valence-corrected chi connectivity index (χ0v) is 12.5. The third kappa shape index (κ3) is 3.67. The lowest BCUT2D eigenvalue weighted by molar-refractivity contribution is -0.136. The highest BCUT2D eigenvalue weighted by Gasteiger charge is 2.12. The van der Waals surface area contributed by atoms with Gasteiger partial charge in [0.25, 0.3) is 0 Å². The topological polar surface area (TPSA) is 63.6 Å². The Kier molecular flexibility index (Phi) is 5.07. The van der Waals surface area contributed by atoms with Crippen LogP contribution in [0.5, 0.6) is 5.75 Å². The van der Waals surface area contributed by atoms with Gasteiger partial charge in [-0.3, -0.25) is 9.36 Å². The number of hydrogen-bond donors (Lipinski definition) is 1. The molecule has 0 fully saturated rings. The van der Waals surface area contributed by atoms with Crippen molar-refractivity contribution in [2.24, 2.45) is 0 Å². The van der Waals surface area contributed by atoms with Crippen molar-refractivity contribution in [3.63, 3.8) is 0 Å². The van der Waals surface area contributed by atoms with E-state index in [1.165, 1.54) is 0 Å². The molecule has 0 atom stereocenters. The van der Waals surface area contributed by atoms with Crippen LogP contribution in [0.15, 0.2) is 42.5 Å². The van der Waals surface area contributed by atoms with Crippen molar-refractivity contribution >= 4 is 19.7 Å². The maximum absolute atomic E-state index is 10.8. The van der Waals surface area contributed by atoms with Crippen molar-refractivity contribution in [1.82, 2.24) is 0 Å². The number of carboxylic acid groups (broad SMARTS) is 1. The number of aliphatic carboxylic acids is 1. The number of rotatable bonds is 6. The molecule has 2 aromatic carbocycles. The summed E-state index contributed by atoms with van der Waals surface area (Å²) in [5, 5.41) is 9.52. The predicted molar refractivity (Wildman–Crippen MR) is 81.6 cm³/mol. The van der Waals surface area contributed by atoms with Gasteiger partial charge in [0.1, 0.15) is 5.75 Å². The largest absolute Gasteiger partial charge is 0.496 e. The van der Waals surface area contributed by atoms with Crippen molar-refractivity contribution < 1.29 is 19.2 Å². The molecule has 0 aromatic heterocycles. The van der Waals surface area contributed by atoms with Crippen LogP contribution in [-0.2, 0) is 15.8 Å². The van der Waals surface area contributed by atoms with Crippen LogP contribution in [0.3, 0.4) is 0 Å². The lowest BCUT2D eigenvalue weighted by Crippen LogP contribution is -2.00. The fourth-order valence-corrected chi connectivity index (χ4v) is 2.46. The van der Waals surface area contributed by atoms with E-state index < -0.39 is 5.97 Å². The Labute approximate surface area is 124 Å². The average molecular weight is 302 g/mol. The second-order valence-electron chi connectivity index (χ2n) is 4.53. The number of hydrogen-bond acceptors (Lipinski definition) is 3. The Balaban J connectivity index is 2.40. The SMILES string of the molecule is COc1c(CCC(=O)O)cccc1-c1ccc(P=O)cc1. The van der Waals surface area contributed by atoms with Crippen molar-refractivity contribution in [2.75, 3.05) is 7.11 Å². The van der Waals surface area contributed by atoms with Gasteiger partial charge in [-0.05, 0) is 29.7 Å². The van der Waals surface area contributed by atoms with Gasteiger partial charge in [-0.25, -0.2) is 0 Å². The van der Waals surface area contributed by atoms with E-state index in [-0.39, 0.29) is 14.9 Å². The smallest absolute Gasteiger partial charge is 0.303 e. The van der Waals surface area contributed by atoms with Gasteiger partial charge in [-0.2, -0.15) is 0 Å².